The first-order valence-corrected chi connectivity index (χ1v) is 8.20. The summed E-state index contributed by atoms with van der Waals surface area (Å²) in [5.74, 6) is 5.93. The van der Waals surface area contributed by atoms with Crippen LogP contribution in [0, 0.1) is 24.7 Å². The molecule has 4 nitrogen and oxygen atoms in total. The van der Waals surface area contributed by atoms with E-state index in [4.69, 9.17) is 5.11 Å². The van der Waals surface area contributed by atoms with Crippen LogP contribution in [0.4, 0.5) is 5.69 Å². The summed E-state index contributed by atoms with van der Waals surface area (Å²) in [6.45, 7) is 5.66. The minimum absolute atomic E-state index is 0.0206. The summed E-state index contributed by atoms with van der Waals surface area (Å²) in [7, 11) is -3.33. The fraction of sp³-hybridized carbons (Fsp3) is 0.467. The van der Waals surface area contributed by atoms with Crippen LogP contribution >= 0.6 is 0 Å². The van der Waals surface area contributed by atoms with Gasteiger partial charge in [0, 0.05) is 17.7 Å². The molecule has 0 fully saturated rings. The number of benzene rings is 1. The maximum Gasteiger partial charge on any atom is 0.232 e. The molecule has 0 heterocycles. The van der Waals surface area contributed by atoms with Gasteiger partial charge in [-0.2, -0.15) is 0 Å². The Kier molecular flexibility index (Phi) is 6.05. The molecule has 1 aromatic carbocycles. The molecule has 5 heteroatoms. The average Bonchev–Trinajstić information content (AvgIpc) is 2.31. The summed E-state index contributed by atoms with van der Waals surface area (Å²) >= 11 is 0. The zero-order valence-electron chi connectivity index (χ0n) is 12.1. The Bertz CT molecular complexity index is 610. The van der Waals surface area contributed by atoms with Crippen LogP contribution in [-0.4, -0.2) is 25.9 Å². The van der Waals surface area contributed by atoms with Gasteiger partial charge in [0.2, 0.25) is 10.0 Å². The van der Waals surface area contributed by atoms with E-state index in [9.17, 15) is 8.42 Å². The molecule has 0 amide bonds. The summed E-state index contributed by atoms with van der Waals surface area (Å²) in [6, 6.07) is 5.28. The predicted molar refractivity (Wildman–Crippen MR) is 82.0 cm³/mol. The van der Waals surface area contributed by atoms with Crippen LogP contribution in [-0.2, 0) is 10.0 Å². The standard InChI is InChI=1S/C15H21NO3S/c1-12(2)11-20(18,19)16-15-8-7-13(3)14(10-15)6-4-5-9-17/h7-8,10,12,16-17H,5,9,11H2,1-3H3. The monoisotopic (exact) mass is 295 g/mol. The number of sulfonamides is 1. The number of anilines is 1. The molecule has 0 saturated carbocycles. The second-order valence-corrected chi connectivity index (χ2v) is 6.85. The van der Waals surface area contributed by atoms with Gasteiger partial charge in [0.25, 0.3) is 0 Å². The molecule has 0 radical (unpaired) electrons. The Morgan fingerprint density at radius 2 is 2.05 bits per heavy atom. The van der Waals surface area contributed by atoms with E-state index in [1.54, 1.807) is 12.1 Å². The van der Waals surface area contributed by atoms with Gasteiger partial charge in [0.15, 0.2) is 0 Å². The van der Waals surface area contributed by atoms with Crippen LogP contribution in [0.2, 0.25) is 0 Å². The first kappa shape index (κ1) is 16.5. The summed E-state index contributed by atoms with van der Waals surface area (Å²) < 4.78 is 26.3. The van der Waals surface area contributed by atoms with Crippen LogP contribution in [0.15, 0.2) is 18.2 Å². The molecule has 110 valence electrons. The smallest absolute Gasteiger partial charge is 0.232 e. The van der Waals surface area contributed by atoms with E-state index in [0.29, 0.717) is 12.1 Å². The van der Waals surface area contributed by atoms with Gasteiger partial charge in [-0.1, -0.05) is 31.8 Å². The molecule has 0 aliphatic heterocycles. The minimum Gasteiger partial charge on any atom is -0.395 e. The Hall–Kier alpha value is -1.51. The number of nitrogens with one attached hydrogen (secondary N) is 1. The molecule has 1 aromatic rings. The summed E-state index contributed by atoms with van der Waals surface area (Å²) in [5, 5.41) is 8.71. The van der Waals surface area contributed by atoms with Crippen LogP contribution < -0.4 is 4.72 Å². The minimum atomic E-state index is -3.33. The second-order valence-electron chi connectivity index (χ2n) is 5.08. The number of aryl methyl sites for hydroxylation is 1. The van der Waals surface area contributed by atoms with Crippen molar-refractivity contribution in [2.45, 2.75) is 27.2 Å². The summed E-state index contributed by atoms with van der Waals surface area (Å²) in [5.41, 5.74) is 2.26. The second kappa shape index (κ2) is 7.32. The molecule has 20 heavy (non-hydrogen) atoms. The van der Waals surface area contributed by atoms with Crippen molar-refractivity contribution >= 4 is 15.7 Å². The van der Waals surface area contributed by atoms with Crippen molar-refractivity contribution in [3.8, 4) is 11.8 Å². The number of aliphatic hydroxyl groups is 1. The fourth-order valence-corrected chi connectivity index (χ4v) is 3.14. The normalized spacial score (nSPS) is 11.1. The molecule has 2 N–H and O–H groups in total. The van der Waals surface area contributed by atoms with E-state index in [-0.39, 0.29) is 18.3 Å². The highest BCUT2D eigenvalue weighted by atomic mass is 32.2. The van der Waals surface area contributed by atoms with Crippen molar-refractivity contribution in [1.29, 1.82) is 0 Å². The van der Waals surface area contributed by atoms with Gasteiger partial charge in [-0.15, -0.1) is 0 Å². The lowest BCUT2D eigenvalue weighted by Crippen LogP contribution is -2.20. The number of hydrogen-bond donors (Lipinski definition) is 2. The Labute approximate surface area is 121 Å². The van der Waals surface area contributed by atoms with E-state index >= 15 is 0 Å². The Morgan fingerprint density at radius 1 is 1.35 bits per heavy atom. The number of hydrogen-bond acceptors (Lipinski definition) is 3. The molecule has 0 aliphatic rings. The largest absolute Gasteiger partial charge is 0.395 e. The fourth-order valence-electron chi connectivity index (χ4n) is 1.69. The van der Waals surface area contributed by atoms with Crippen molar-refractivity contribution in [3.05, 3.63) is 29.3 Å². The predicted octanol–water partition coefficient (Wildman–Crippen LogP) is 2.13. The van der Waals surface area contributed by atoms with Gasteiger partial charge in [-0.25, -0.2) is 8.42 Å². The molecule has 0 aliphatic carbocycles. The zero-order valence-corrected chi connectivity index (χ0v) is 12.9. The Balaban J connectivity index is 2.94. The molecule has 0 saturated heterocycles. The maximum absolute atomic E-state index is 11.9. The highest BCUT2D eigenvalue weighted by molar-refractivity contribution is 7.92. The highest BCUT2D eigenvalue weighted by Crippen LogP contribution is 2.16. The van der Waals surface area contributed by atoms with Gasteiger partial charge >= 0.3 is 0 Å². The highest BCUT2D eigenvalue weighted by Gasteiger charge is 2.13. The molecule has 0 unspecified atom stereocenters. The lowest BCUT2D eigenvalue weighted by Gasteiger charge is -2.11. The quantitative estimate of drug-likeness (QED) is 0.818. The van der Waals surface area contributed by atoms with Crippen molar-refractivity contribution in [2.24, 2.45) is 5.92 Å². The molecule has 0 atom stereocenters. The average molecular weight is 295 g/mol. The summed E-state index contributed by atoms with van der Waals surface area (Å²) in [6.07, 6.45) is 0.406. The van der Waals surface area contributed by atoms with E-state index in [2.05, 4.69) is 16.6 Å². The van der Waals surface area contributed by atoms with Crippen molar-refractivity contribution < 1.29 is 13.5 Å². The third kappa shape index (κ3) is 5.64. The van der Waals surface area contributed by atoms with Crippen molar-refractivity contribution in [3.63, 3.8) is 0 Å². The maximum atomic E-state index is 11.9. The third-order valence-corrected chi connectivity index (χ3v) is 4.18. The van der Waals surface area contributed by atoms with Gasteiger partial charge < -0.3 is 5.11 Å². The van der Waals surface area contributed by atoms with Gasteiger partial charge in [0.05, 0.1) is 12.4 Å². The van der Waals surface area contributed by atoms with Crippen LogP contribution in [0.3, 0.4) is 0 Å². The molecular formula is C15H21NO3S. The van der Waals surface area contributed by atoms with Crippen molar-refractivity contribution in [1.82, 2.24) is 0 Å². The lowest BCUT2D eigenvalue weighted by atomic mass is 10.1. The SMILES string of the molecule is Cc1ccc(NS(=O)(=O)CC(C)C)cc1C#CCCO. The van der Waals surface area contributed by atoms with Crippen LogP contribution in [0.1, 0.15) is 31.4 Å². The third-order valence-electron chi connectivity index (χ3n) is 2.52. The molecule has 0 spiro atoms. The molecule has 0 bridgehead atoms. The van der Waals surface area contributed by atoms with E-state index in [0.717, 1.165) is 11.1 Å². The van der Waals surface area contributed by atoms with Gasteiger partial charge in [-0.3, -0.25) is 4.72 Å². The molecule has 1 rings (SSSR count). The topological polar surface area (TPSA) is 66.4 Å². The zero-order chi connectivity index (χ0) is 15.2. The number of rotatable bonds is 5. The van der Waals surface area contributed by atoms with Crippen molar-refractivity contribution in [2.75, 3.05) is 17.1 Å². The van der Waals surface area contributed by atoms with Crippen LogP contribution in [0.5, 0.6) is 0 Å². The van der Waals surface area contributed by atoms with E-state index in [1.165, 1.54) is 0 Å². The Morgan fingerprint density at radius 3 is 2.65 bits per heavy atom. The number of aliphatic hydroxyl groups excluding tert-OH is 1. The summed E-state index contributed by atoms with van der Waals surface area (Å²) in [4.78, 5) is 0. The van der Waals surface area contributed by atoms with Gasteiger partial charge in [-0.05, 0) is 30.5 Å². The first-order chi connectivity index (χ1) is 9.34. The lowest BCUT2D eigenvalue weighted by molar-refractivity contribution is 0.305. The van der Waals surface area contributed by atoms with Crippen LogP contribution in [0.25, 0.3) is 0 Å². The van der Waals surface area contributed by atoms with Gasteiger partial charge in [0.1, 0.15) is 0 Å². The van der Waals surface area contributed by atoms with E-state index in [1.807, 2.05) is 26.8 Å². The molecule has 0 aromatic heterocycles. The van der Waals surface area contributed by atoms with E-state index < -0.39 is 10.0 Å². The molecular weight excluding hydrogens is 274 g/mol. The first-order valence-electron chi connectivity index (χ1n) is 6.55.